The predicted octanol–water partition coefficient (Wildman–Crippen LogP) is 5.81. The van der Waals surface area contributed by atoms with E-state index in [1.165, 1.54) is 21.5 Å². The van der Waals surface area contributed by atoms with Crippen LogP contribution >= 0.6 is 0 Å². The third-order valence-corrected chi connectivity index (χ3v) is 4.73. The molecule has 0 saturated carbocycles. The number of aromatic nitrogens is 2. The fourth-order valence-corrected chi connectivity index (χ4v) is 3.69. The maximum absolute atomic E-state index is 4.86. The molecule has 24 heavy (non-hydrogen) atoms. The van der Waals surface area contributed by atoms with Gasteiger partial charge in [-0.15, -0.1) is 0 Å². The van der Waals surface area contributed by atoms with Gasteiger partial charge in [-0.3, -0.25) is 0 Å². The molecule has 2 nitrogen and oxygen atoms in total. The molecule has 4 aromatic carbocycles. The van der Waals surface area contributed by atoms with E-state index in [0.29, 0.717) is 0 Å². The van der Waals surface area contributed by atoms with Gasteiger partial charge >= 0.3 is 0 Å². The minimum Gasteiger partial charge on any atom is -0.244 e. The molecule has 0 aliphatic heterocycles. The topological polar surface area (TPSA) is 25.8 Å². The van der Waals surface area contributed by atoms with Crippen LogP contribution < -0.4 is 0 Å². The van der Waals surface area contributed by atoms with Crippen molar-refractivity contribution in [3.8, 4) is 0 Å². The first-order valence-corrected chi connectivity index (χ1v) is 7.94. The Morgan fingerprint density at radius 1 is 0.625 bits per heavy atom. The maximum atomic E-state index is 4.86. The number of rotatable bonds is 2. The quantitative estimate of drug-likeness (QED) is 0.303. The molecule has 0 amide bonds. The zero-order chi connectivity index (χ0) is 16.3. The molecule has 0 aliphatic rings. The standard InChI is InChI=1S/C22H14N2/c1-3-17-18(4-2)24-22-16-10-6-8-14-12-11-13-7-5-9-15(21(22)23-17)19(13)20(14)16/h3-12H,1-2H2. The van der Waals surface area contributed by atoms with Crippen LogP contribution in [0.4, 0.5) is 0 Å². The van der Waals surface area contributed by atoms with E-state index in [1.807, 2.05) is 0 Å². The molecule has 0 atom stereocenters. The van der Waals surface area contributed by atoms with Crippen molar-refractivity contribution < 1.29 is 0 Å². The zero-order valence-electron chi connectivity index (χ0n) is 13.1. The monoisotopic (exact) mass is 306 g/mol. The lowest BCUT2D eigenvalue weighted by Crippen LogP contribution is -1.96. The Bertz CT molecular complexity index is 1180. The highest BCUT2D eigenvalue weighted by atomic mass is 14.8. The molecule has 0 bridgehead atoms. The molecular formula is C22H14N2. The normalized spacial score (nSPS) is 11.7. The van der Waals surface area contributed by atoms with Gasteiger partial charge in [0.15, 0.2) is 0 Å². The number of fused-ring (bicyclic) bond motifs is 3. The summed E-state index contributed by atoms with van der Waals surface area (Å²) in [6.07, 6.45) is 3.48. The van der Waals surface area contributed by atoms with Gasteiger partial charge in [-0.05, 0) is 33.7 Å². The third-order valence-electron chi connectivity index (χ3n) is 4.73. The van der Waals surface area contributed by atoms with Crippen LogP contribution in [0.1, 0.15) is 11.4 Å². The van der Waals surface area contributed by atoms with E-state index in [4.69, 9.17) is 9.97 Å². The molecule has 5 rings (SSSR count). The van der Waals surface area contributed by atoms with Crippen molar-refractivity contribution in [1.29, 1.82) is 0 Å². The predicted molar refractivity (Wildman–Crippen MR) is 103 cm³/mol. The Morgan fingerprint density at radius 3 is 1.50 bits per heavy atom. The second-order valence-electron chi connectivity index (χ2n) is 5.97. The summed E-state index contributed by atoms with van der Waals surface area (Å²) in [7, 11) is 0. The van der Waals surface area contributed by atoms with Crippen molar-refractivity contribution in [2.45, 2.75) is 0 Å². The zero-order valence-corrected chi connectivity index (χ0v) is 13.1. The summed E-state index contributed by atoms with van der Waals surface area (Å²) in [4.78, 5) is 9.72. The largest absolute Gasteiger partial charge is 0.244 e. The summed E-state index contributed by atoms with van der Waals surface area (Å²) < 4.78 is 0. The second kappa shape index (κ2) is 4.62. The highest BCUT2D eigenvalue weighted by Gasteiger charge is 2.15. The van der Waals surface area contributed by atoms with E-state index in [2.05, 4.69) is 61.7 Å². The van der Waals surface area contributed by atoms with Gasteiger partial charge in [-0.25, -0.2) is 9.97 Å². The van der Waals surface area contributed by atoms with E-state index < -0.39 is 0 Å². The van der Waals surface area contributed by atoms with Crippen LogP contribution in [0.15, 0.2) is 61.7 Å². The number of nitrogens with zero attached hydrogens (tertiary/aromatic N) is 2. The van der Waals surface area contributed by atoms with Crippen molar-refractivity contribution in [2.24, 2.45) is 0 Å². The fourth-order valence-electron chi connectivity index (χ4n) is 3.69. The molecule has 0 aliphatic carbocycles. The summed E-state index contributed by atoms with van der Waals surface area (Å²) in [6.45, 7) is 7.74. The van der Waals surface area contributed by atoms with Crippen LogP contribution in [0.2, 0.25) is 0 Å². The Labute approximate surface area is 139 Å². The fraction of sp³-hybridized carbons (Fsp3) is 0. The first-order chi connectivity index (χ1) is 11.8. The first kappa shape index (κ1) is 13.2. The number of hydrogen-bond acceptors (Lipinski definition) is 2. The molecule has 0 radical (unpaired) electrons. The average Bonchev–Trinajstić information content (AvgIpc) is 2.65. The van der Waals surface area contributed by atoms with Gasteiger partial charge in [0, 0.05) is 10.8 Å². The Hall–Kier alpha value is -3.26. The van der Waals surface area contributed by atoms with Gasteiger partial charge in [0.1, 0.15) is 0 Å². The molecular weight excluding hydrogens is 292 g/mol. The molecule has 0 unspecified atom stereocenters. The summed E-state index contributed by atoms with van der Waals surface area (Å²) in [5.74, 6) is 0. The van der Waals surface area contributed by atoms with Gasteiger partial charge in [-0.1, -0.05) is 61.7 Å². The van der Waals surface area contributed by atoms with E-state index >= 15 is 0 Å². The lowest BCUT2D eigenvalue weighted by atomic mass is 9.92. The Morgan fingerprint density at radius 2 is 1.08 bits per heavy atom. The minimum absolute atomic E-state index is 0.771. The second-order valence-corrected chi connectivity index (χ2v) is 5.97. The average molecular weight is 306 g/mol. The molecule has 1 heterocycles. The third kappa shape index (κ3) is 1.55. The van der Waals surface area contributed by atoms with Crippen molar-refractivity contribution in [3.05, 3.63) is 73.1 Å². The SMILES string of the molecule is C=Cc1nc2c3cccc4ccc5cccc(c2nc1C=C)c5c43. The van der Waals surface area contributed by atoms with E-state index in [1.54, 1.807) is 12.2 Å². The Kier molecular flexibility index (Phi) is 2.54. The highest BCUT2D eigenvalue weighted by molar-refractivity contribution is 6.32. The summed E-state index contributed by atoms with van der Waals surface area (Å²) in [5.41, 5.74) is 3.39. The van der Waals surface area contributed by atoms with Crippen molar-refractivity contribution in [1.82, 2.24) is 9.97 Å². The van der Waals surface area contributed by atoms with Gasteiger partial charge in [0.2, 0.25) is 0 Å². The van der Waals surface area contributed by atoms with Crippen LogP contribution in [0.25, 0.3) is 55.5 Å². The molecule has 112 valence electrons. The van der Waals surface area contributed by atoms with Crippen LogP contribution in [0.3, 0.4) is 0 Å². The van der Waals surface area contributed by atoms with Gasteiger partial charge < -0.3 is 0 Å². The van der Waals surface area contributed by atoms with Crippen molar-refractivity contribution >= 4 is 55.5 Å². The number of benzene rings is 4. The van der Waals surface area contributed by atoms with Crippen LogP contribution in [0, 0.1) is 0 Å². The lowest BCUT2D eigenvalue weighted by Gasteiger charge is -2.14. The first-order valence-electron chi connectivity index (χ1n) is 7.94. The minimum atomic E-state index is 0.771. The number of hydrogen-bond donors (Lipinski definition) is 0. The Balaban J connectivity index is 2.21. The van der Waals surface area contributed by atoms with Crippen LogP contribution in [0.5, 0.6) is 0 Å². The highest BCUT2D eigenvalue weighted by Crippen LogP contribution is 2.39. The van der Waals surface area contributed by atoms with Crippen molar-refractivity contribution in [3.63, 3.8) is 0 Å². The molecule has 0 saturated heterocycles. The van der Waals surface area contributed by atoms with Crippen LogP contribution in [-0.4, -0.2) is 9.97 Å². The van der Waals surface area contributed by atoms with E-state index in [9.17, 15) is 0 Å². The van der Waals surface area contributed by atoms with Crippen LogP contribution in [-0.2, 0) is 0 Å². The van der Waals surface area contributed by atoms with Crippen molar-refractivity contribution in [2.75, 3.05) is 0 Å². The van der Waals surface area contributed by atoms with Gasteiger partial charge in [0.25, 0.3) is 0 Å². The summed E-state index contributed by atoms with van der Waals surface area (Å²) >= 11 is 0. The van der Waals surface area contributed by atoms with E-state index in [-0.39, 0.29) is 0 Å². The molecule has 2 heteroatoms. The maximum Gasteiger partial charge on any atom is 0.0979 e. The molecule has 5 aromatic rings. The van der Waals surface area contributed by atoms with Gasteiger partial charge in [-0.2, -0.15) is 0 Å². The lowest BCUT2D eigenvalue weighted by molar-refractivity contribution is 1.25. The smallest absolute Gasteiger partial charge is 0.0979 e. The van der Waals surface area contributed by atoms with Gasteiger partial charge in [0.05, 0.1) is 22.4 Å². The molecule has 0 spiro atoms. The molecule has 1 aromatic heterocycles. The summed E-state index contributed by atoms with van der Waals surface area (Å²) in [5, 5.41) is 7.25. The molecule has 0 N–H and O–H groups in total. The molecule has 0 fully saturated rings. The summed E-state index contributed by atoms with van der Waals surface area (Å²) in [6, 6.07) is 17.1. The van der Waals surface area contributed by atoms with E-state index in [0.717, 1.165) is 33.2 Å².